The van der Waals surface area contributed by atoms with E-state index in [4.69, 9.17) is 4.74 Å². The molecule has 0 aliphatic carbocycles. The van der Waals surface area contributed by atoms with Crippen LogP contribution in [0.1, 0.15) is 11.1 Å². The van der Waals surface area contributed by atoms with E-state index in [1.54, 1.807) is 24.1 Å². The Morgan fingerprint density at radius 2 is 2.00 bits per heavy atom. The third kappa shape index (κ3) is 3.80. The molecular formula is C18H19FN2O2. The zero-order valence-corrected chi connectivity index (χ0v) is 13.0. The van der Waals surface area contributed by atoms with Crippen LogP contribution in [0.25, 0.3) is 0 Å². The number of ether oxygens (including phenoxy) is 1. The number of benzene rings is 2. The summed E-state index contributed by atoms with van der Waals surface area (Å²) in [6.07, 6.45) is 0.772. The highest BCUT2D eigenvalue weighted by Crippen LogP contribution is 2.27. The second-order valence-electron chi connectivity index (χ2n) is 5.72. The lowest BCUT2D eigenvalue weighted by Crippen LogP contribution is -2.41. The van der Waals surface area contributed by atoms with Gasteiger partial charge in [0.25, 0.3) is 0 Å². The normalized spacial score (nSPS) is 15.7. The second-order valence-corrected chi connectivity index (χ2v) is 5.72. The summed E-state index contributed by atoms with van der Waals surface area (Å²) < 4.78 is 18.7. The van der Waals surface area contributed by atoms with Crippen molar-refractivity contribution in [3.63, 3.8) is 0 Å². The van der Waals surface area contributed by atoms with Gasteiger partial charge in [-0.1, -0.05) is 30.3 Å². The quantitative estimate of drug-likeness (QED) is 0.942. The van der Waals surface area contributed by atoms with E-state index in [0.717, 1.165) is 17.7 Å². The van der Waals surface area contributed by atoms with Crippen molar-refractivity contribution in [1.82, 2.24) is 10.2 Å². The third-order valence-corrected chi connectivity index (χ3v) is 3.87. The molecular weight excluding hydrogens is 295 g/mol. The number of amides is 2. The second kappa shape index (κ2) is 6.69. The van der Waals surface area contributed by atoms with Crippen LogP contribution in [0, 0.1) is 5.82 Å². The van der Waals surface area contributed by atoms with Crippen LogP contribution in [-0.4, -0.2) is 30.6 Å². The van der Waals surface area contributed by atoms with Crippen LogP contribution in [0.5, 0.6) is 5.75 Å². The van der Waals surface area contributed by atoms with Gasteiger partial charge in [0.15, 0.2) is 0 Å². The van der Waals surface area contributed by atoms with E-state index in [2.05, 4.69) is 5.32 Å². The molecule has 2 aromatic rings. The average molecular weight is 314 g/mol. The fraction of sp³-hybridized carbons (Fsp3) is 0.278. The molecule has 0 fully saturated rings. The topological polar surface area (TPSA) is 41.6 Å². The van der Waals surface area contributed by atoms with Gasteiger partial charge in [-0.2, -0.15) is 0 Å². The van der Waals surface area contributed by atoms with Crippen molar-refractivity contribution in [3.8, 4) is 5.75 Å². The molecule has 0 radical (unpaired) electrons. The predicted octanol–water partition coefficient (Wildman–Crippen LogP) is 2.97. The van der Waals surface area contributed by atoms with E-state index < -0.39 is 0 Å². The molecule has 1 heterocycles. The Hall–Kier alpha value is -2.56. The van der Waals surface area contributed by atoms with E-state index in [9.17, 15) is 9.18 Å². The first kappa shape index (κ1) is 15.3. The smallest absolute Gasteiger partial charge is 0.317 e. The van der Waals surface area contributed by atoms with Crippen LogP contribution in [0.15, 0.2) is 48.5 Å². The molecule has 1 N–H and O–H groups in total. The van der Waals surface area contributed by atoms with E-state index >= 15 is 0 Å². The summed E-state index contributed by atoms with van der Waals surface area (Å²) in [4.78, 5) is 13.7. The van der Waals surface area contributed by atoms with Crippen LogP contribution in [-0.2, 0) is 13.0 Å². The molecule has 0 saturated heterocycles. The molecule has 2 amide bonds. The molecule has 1 atom stereocenters. The Morgan fingerprint density at radius 1 is 1.26 bits per heavy atom. The van der Waals surface area contributed by atoms with Crippen LogP contribution in [0.3, 0.4) is 0 Å². The fourth-order valence-electron chi connectivity index (χ4n) is 2.64. The maximum Gasteiger partial charge on any atom is 0.317 e. The Balaban J connectivity index is 1.47. The standard InChI is InChI=1S/C18H19FN2O2/c1-21(12-13-6-8-15(19)9-7-13)18(22)20-11-16-10-14-4-2-3-5-17(14)23-16/h2-9,16H,10-12H2,1H3,(H,20,22)/t16-/m1/s1. The summed E-state index contributed by atoms with van der Waals surface area (Å²) in [5.74, 6) is 0.616. The summed E-state index contributed by atoms with van der Waals surface area (Å²) >= 11 is 0. The maximum atomic E-state index is 12.9. The third-order valence-electron chi connectivity index (χ3n) is 3.87. The lowest BCUT2D eigenvalue weighted by Gasteiger charge is -2.19. The highest BCUT2D eigenvalue weighted by Gasteiger charge is 2.23. The molecule has 23 heavy (non-hydrogen) atoms. The highest BCUT2D eigenvalue weighted by atomic mass is 19.1. The molecule has 120 valence electrons. The van der Waals surface area contributed by atoms with Crippen molar-refractivity contribution in [3.05, 3.63) is 65.5 Å². The van der Waals surface area contributed by atoms with Crippen molar-refractivity contribution in [2.75, 3.05) is 13.6 Å². The molecule has 4 nitrogen and oxygen atoms in total. The van der Waals surface area contributed by atoms with Gasteiger partial charge in [-0.3, -0.25) is 0 Å². The molecule has 3 rings (SSSR count). The lowest BCUT2D eigenvalue weighted by molar-refractivity contribution is 0.191. The number of urea groups is 1. The maximum absolute atomic E-state index is 12.9. The molecule has 0 unspecified atom stereocenters. The lowest BCUT2D eigenvalue weighted by atomic mass is 10.1. The first-order valence-corrected chi connectivity index (χ1v) is 7.60. The number of fused-ring (bicyclic) bond motifs is 1. The molecule has 0 bridgehead atoms. The summed E-state index contributed by atoms with van der Waals surface area (Å²) in [6.45, 7) is 0.888. The number of hydrogen-bond donors (Lipinski definition) is 1. The number of nitrogens with zero attached hydrogens (tertiary/aromatic N) is 1. The monoisotopic (exact) mass is 314 g/mol. The minimum absolute atomic E-state index is 0.0319. The van der Waals surface area contributed by atoms with Crippen LogP contribution >= 0.6 is 0 Å². The minimum Gasteiger partial charge on any atom is -0.488 e. The number of nitrogens with one attached hydrogen (secondary N) is 1. The summed E-state index contributed by atoms with van der Waals surface area (Å²) in [5.41, 5.74) is 2.06. The fourth-order valence-corrected chi connectivity index (χ4v) is 2.64. The van der Waals surface area contributed by atoms with Crippen molar-refractivity contribution < 1.29 is 13.9 Å². The minimum atomic E-state index is -0.279. The number of carbonyl (C=O) groups excluding carboxylic acids is 1. The number of rotatable bonds is 4. The van der Waals surface area contributed by atoms with Gasteiger partial charge < -0.3 is 15.0 Å². The van der Waals surface area contributed by atoms with Gasteiger partial charge in [-0.05, 0) is 29.3 Å². The van der Waals surface area contributed by atoms with E-state index in [0.29, 0.717) is 13.1 Å². The van der Waals surface area contributed by atoms with Crippen molar-refractivity contribution in [2.45, 2.75) is 19.1 Å². The van der Waals surface area contributed by atoms with Gasteiger partial charge >= 0.3 is 6.03 Å². The first-order chi connectivity index (χ1) is 11.1. The average Bonchev–Trinajstić information content (AvgIpc) is 2.97. The van der Waals surface area contributed by atoms with E-state index in [1.807, 2.05) is 24.3 Å². The van der Waals surface area contributed by atoms with E-state index in [-0.39, 0.29) is 18.0 Å². The van der Waals surface area contributed by atoms with Gasteiger partial charge in [0.2, 0.25) is 0 Å². The number of carbonyl (C=O) groups is 1. The molecule has 2 aromatic carbocycles. The van der Waals surface area contributed by atoms with Crippen LogP contribution < -0.4 is 10.1 Å². The summed E-state index contributed by atoms with van der Waals surface area (Å²) in [7, 11) is 1.71. The highest BCUT2D eigenvalue weighted by molar-refractivity contribution is 5.73. The first-order valence-electron chi connectivity index (χ1n) is 7.60. The van der Waals surface area contributed by atoms with E-state index in [1.165, 1.54) is 17.7 Å². The summed E-state index contributed by atoms with van der Waals surface area (Å²) in [6, 6.07) is 13.9. The molecule has 1 aliphatic heterocycles. The van der Waals surface area contributed by atoms with Gasteiger partial charge in [0.05, 0.1) is 6.54 Å². The zero-order chi connectivity index (χ0) is 16.2. The van der Waals surface area contributed by atoms with Crippen LogP contribution in [0.4, 0.5) is 9.18 Å². The van der Waals surface area contributed by atoms with Gasteiger partial charge in [0, 0.05) is 20.0 Å². The zero-order valence-electron chi connectivity index (χ0n) is 13.0. The van der Waals surface area contributed by atoms with Gasteiger partial charge in [0.1, 0.15) is 17.7 Å². The van der Waals surface area contributed by atoms with Crippen molar-refractivity contribution in [1.29, 1.82) is 0 Å². The Bertz CT molecular complexity index is 663. The Labute approximate surface area is 134 Å². The van der Waals surface area contributed by atoms with Gasteiger partial charge in [-0.15, -0.1) is 0 Å². The van der Waals surface area contributed by atoms with Crippen molar-refractivity contribution in [2.24, 2.45) is 0 Å². The molecule has 0 spiro atoms. The Morgan fingerprint density at radius 3 is 2.74 bits per heavy atom. The molecule has 5 heteroatoms. The predicted molar refractivity (Wildman–Crippen MR) is 85.8 cm³/mol. The molecule has 0 aromatic heterocycles. The number of halogens is 1. The largest absolute Gasteiger partial charge is 0.488 e. The number of para-hydroxylation sites is 1. The summed E-state index contributed by atoms with van der Waals surface area (Å²) in [5, 5.41) is 2.88. The Kier molecular flexibility index (Phi) is 4.46. The SMILES string of the molecule is CN(Cc1ccc(F)cc1)C(=O)NC[C@H]1Cc2ccccc2O1. The van der Waals surface area contributed by atoms with Gasteiger partial charge in [-0.25, -0.2) is 9.18 Å². The van der Waals surface area contributed by atoms with Crippen molar-refractivity contribution >= 4 is 6.03 Å². The molecule has 0 saturated carbocycles. The van der Waals surface area contributed by atoms with Crippen LogP contribution in [0.2, 0.25) is 0 Å². The molecule has 1 aliphatic rings. The number of hydrogen-bond acceptors (Lipinski definition) is 2.